The summed E-state index contributed by atoms with van der Waals surface area (Å²) in [7, 11) is 7.07. The fraction of sp³-hybridized carbons (Fsp3) is 0.216. The Labute approximate surface area is 264 Å². The lowest BCUT2D eigenvalue weighted by Crippen LogP contribution is -2.44. The van der Waals surface area contributed by atoms with Gasteiger partial charge in [-0.15, -0.1) is 0 Å². The van der Waals surface area contributed by atoms with Gasteiger partial charge >= 0.3 is 0 Å². The van der Waals surface area contributed by atoms with E-state index in [4.69, 9.17) is 29.9 Å². The van der Waals surface area contributed by atoms with E-state index in [-0.39, 0.29) is 5.92 Å². The van der Waals surface area contributed by atoms with E-state index in [1.807, 2.05) is 24.3 Å². The number of aliphatic imine (C=N–C) groups is 1. The Morgan fingerprint density at radius 3 is 2.02 bits per heavy atom. The second-order valence-corrected chi connectivity index (χ2v) is 11.0. The Morgan fingerprint density at radius 1 is 0.778 bits per heavy atom. The molecule has 228 valence electrons. The first kappa shape index (κ1) is 29.8. The van der Waals surface area contributed by atoms with Gasteiger partial charge in [0.2, 0.25) is 0 Å². The molecule has 0 aliphatic carbocycles. The summed E-state index contributed by atoms with van der Waals surface area (Å²) in [5.74, 6) is 1.84. The van der Waals surface area contributed by atoms with Gasteiger partial charge in [-0.3, -0.25) is 0 Å². The van der Waals surface area contributed by atoms with Crippen molar-refractivity contribution in [3.63, 3.8) is 0 Å². The molecule has 8 heteroatoms. The Kier molecular flexibility index (Phi) is 8.49. The number of ether oxygens (including phenoxy) is 3. The second-order valence-electron chi connectivity index (χ2n) is 11.0. The van der Waals surface area contributed by atoms with Crippen molar-refractivity contribution in [2.45, 2.75) is 11.3 Å². The van der Waals surface area contributed by atoms with E-state index in [0.717, 1.165) is 45.8 Å². The maximum atomic E-state index is 6.83. The smallest absolute Gasteiger partial charge is 0.162 e. The zero-order chi connectivity index (χ0) is 31.4. The van der Waals surface area contributed by atoms with Crippen molar-refractivity contribution < 1.29 is 14.2 Å². The van der Waals surface area contributed by atoms with E-state index in [0.29, 0.717) is 29.7 Å². The molecule has 6 rings (SSSR count). The van der Waals surface area contributed by atoms with Crippen LogP contribution in [0.5, 0.6) is 11.5 Å². The number of methoxy groups -OCH3 is 3. The topological polar surface area (TPSA) is 95.1 Å². The van der Waals surface area contributed by atoms with Crippen molar-refractivity contribution >= 4 is 23.0 Å². The van der Waals surface area contributed by atoms with Crippen molar-refractivity contribution in [3.05, 3.63) is 137 Å². The van der Waals surface area contributed by atoms with Crippen LogP contribution in [0.25, 0.3) is 0 Å². The summed E-state index contributed by atoms with van der Waals surface area (Å²) in [4.78, 5) is 16.7. The Bertz CT molecular complexity index is 1750. The van der Waals surface area contributed by atoms with Gasteiger partial charge in [0.05, 0.1) is 37.5 Å². The summed E-state index contributed by atoms with van der Waals surface area (Å²) in [6.07, 6.45) is 1.49. The molecule has 8 nitrogen and oxygen atoms in total. The van der Waals surface area contributed by atoms with Gasteiger partial charge in [-0.25, -0.2) is 15.0 Å². The molecule has 0 spiro atoms. The van der Waals surface area contributed by atoms with Gasteiger partial charge < -0.3 is 24.8 Å². The normalized spacial score (nSPS) is 15.1. The van der Waals surface area contributed by atoms with E-state index >= 15 is 0 Å². The first-order chi connectivity index (χ1) is 22.0. The van der Waals surface area contributed by atoms with Gasteiger partial charge in [0.15, 0.2) is 17.3 Å². The number of fused-ring (bicyclic) bond motifs is 1. The molecule has 0 bridgehead atoms. The average Bonchev–Trinajstić information content (AvgIpc) is 3.10. The molecule has 1 aliphatic rings. The molecule has 2 heterocycles. The van der Waals surface area contributed by atoms with Crippen LogP contribution in [-0.4, -0.2) is 57.2 Å². The largest absolute Gasteiger partial charge is 0.493 e. The Morgan fingerprint density at radius 2 is 1.42 bits per heavy atom. The molecule has 0 saturated carbocycles. The third-order valence-electron chi connectivity index (χ3n) is 8.62. The van der Waals surface area contributed by atoms with E-state index in [1.165, 1.54) is 6.33 Å². The summed E-state index contributed by atoms with van der Waals surface area (Å²) in [5, 5.41) is 0. The molecule has 0 amide bonds. The molecule has 5 aromatic rings. The second kappa shape index (κ2) is 12.8. The number of anilines is 2. The van der Waals surface area contributed by atoms with E-state index in [9.17, 15) is 0 Å². The van der Waals surface area contributed by atoms with Crippen LogP contribution in [0.3, 0.4) is 0 Å². The lowest BCUT2D eigenvalue weighted by atomic mass is 9.57. The quantitative estimate of drug-likeness (QED) is 0.198. The molecule has 2 N–H and O–H groups in total. The predicted octanol–water partition coefficient (Wildman–Crippen LogP) is 6.41. The standard InChI is InChI=1S/C37H37N5O3/c1-42(21-22-43-2)29-18-15-25(16-19-29)34-32(26-17-20-30(44-3)31(23-26)45-4)37(27-11-7-5-8-12-27,28-13-9-6-10-14-28)33-35(38)39-24-40-36(33)41-34/h5-20,23-24,32H,21-22H2,1-4H3,(H2,38,39,40). The highest BCUT2D eigenvalue weighted by molar-refractivity contribution is 6.10. The molecule has 45 heavy (non-hydrogen) atoms. The zero-order valence-electron chi connectivity index (χ0n) is 26.0. The Balaban J connectivity index is 1.70. The first-order valence-corrected chi connectivity index (χ1v) is 14.9. The number of nitrogen functional groups attached to an aromatic ring is 1. The number of benzene rings is 4. The summed E-state index contributed by atoms with van der Waals surface area (Å²) >= 11 is 0. The van der Waals surface area contributed by atoms with Crippen LogP contribution in [-0.2, 0) is 10.2 Å². The molecule has 1 aliphatic heterocycles. The highest BCUT2D eigenvalue weighted by Crippen LogP contribution is 2.57. The molecule has 1 atom stereocenters. The van der Waals surface area contributed by atoms with Crippen molar-refractivity contribution in [2.75, 3.05) is 52.2 Å². The molecule has 0 saturated heterocycles. The third-order valence-corrected chi connectivity index (χ3v) is 8.62. The highest BCUT2D eigenvalue weighted by Gasteiger charge is 2.52. The summed E-state index contributed by atoms with van der Waals surface area (Å²) in [5.41, 5.74) is 12.7. The van der Waals surface area contributed by atoms with Gasteiger partial charge in [0, 0.05) is 32.3 Å². The van der Waals surface area contributed by atoms with Crippen LogP contribution in [0.1, 0.15) is 33.7 Å². The van der Waals surface area contributed by atoms with Crippen LogP contribution in [0.2, 0.25) is 0 Å². The van der Waals surface area contributed by atoms with Crippen LogP contribution < -0.4 is 20.1 Å². The predicted molar refractivity (Wildman–Crippen MR) is 179 cm³/mol. The van der Waals surface area contributed by atoms with E-state index in [1.54, 1.807) is 21.3 Å². The number of hydrogen-bond donors (Lipinski definition) is 1. The summed E-state index contributed by atoms with van der Waals surface area (Å²) in [6, 6.07) is 35.4. The monoisotopic (exact) mass is 599 g/mol. The molecule has 1 unspecified atom stereocenters. The maximum absolute atomic E-state index is 6.83. The van der Waals surface area contributed by atoms with Gasteiger partial charge in [-0.2, -0.15) is 0 Å². The zero-order valence-corrected chi connectivity index (χ0v) is 26.0. The minimum atomic E-state index is -0.853. The molecule has 0 fully saturated rings. The van der Waals surface area contributed by atoms with Crippen LogP contribution in [0.15, 0.2) is 114 Å². The van der Waals surface area contributed by atoms with Crippen molar-refractivity contribution in [1.82, 2.24) is 9.97 Å². The number of nitrogens with two attached hydrogens (primary N) is 1. The fourth-order valence-corrected chi connectivity index (χ4v) is 6.49. The SMILES string of the molecule is COCCN(C)c1ccc(C2=Nc3ncnc(N)c3C(c3ccccc3)(c3ccccc3)C2c2ccc(OC)c(OC)c2)cc1. The maximum Gasteiger partial charge on any atom is 0.162 e. The third kappa shape index (κ3) is 5.27. The van der Waals surface area contributed by atoms with Crippen LogP contribution >= 0.6 is 0 Å². The van der Waals surface area contributed by atoms with Crippen molar-refractivity contribution in [2.24, 2.45) is 4.99 Å². The minimum Gasteiger partial charge on any atom is -0.493 e. The van der Waals surface area contributed by atoms with Gasteiger partial charge in [0.25, 0.3) is 0 Å². The van der Waals surface area contributed by atoms with Gasteiger partial charge in [0.1, 0.15) is 12.1 Å². The fourth-order valence-electron chi connectivity index (χ4n) is 6.49. The first-order valence-electron chi connectivity index (χ1n) is 14.9. The van der Waals surface area contributed by atoms with Crippen molar-refractivity contribution in [3.8, 4) is 11.5 Å². The average molecular weight is 600 g/mol. The number of rotatable bonds is 10. The van der Waals surface area contributed by atoms with Gasteiger partial charge in [-0.05, 0) is 46.5 Å². The van der Waals surface area contributed by atoms with Crippen LogP contribution in [0, 0.1) is 0 Å². The number of nitrogens with zero attached hydrogens (tertiary/aromatic N) is 4. The highest BCUT2D eigenvalue weighted by atomic mass is 16.5. The van der Waals surface area contributed by atoms with Crippen LogP contribution in [0.4, 0.5) is 17.3 Å². The van der Waals surface area contributed by atoms with Gasteiger partial charge in [-0.1, -0.05) is 78.9 Å². The molecule has 1 aromatic heterocycles. The molecular formula is C37H37N5O3. The summed E-state index contributed by atoms with van der Waals surface area (Å²) < 4.78 is 16.8. The minimum absolute atomic E-state index is 0.361. The Hall–Kier alpha value is -5.21. The van der Waals surface area contributed by atoms with E-state index < -0.39 is 5.41 Å². The lowest BCUT2D eigenvalue weighted by molar-refractivity contribution is 0.206. The molecule has 0 radical (unpaired) electrons. The number of likely N-dealkylation sites (N-methyl/N-ethyl adjacent to an activating group) is 1. The molecule has 4 aromatic carbocycles. The van der Waals surface area contributed by atoms with Crippen molar-refractivity contribution in [1.29, 1.82) is 0 Å². The number of hydrogen-bond acceptors (Lipinski definition) is 8. The van der Waals surface area contributed by atoms with E-state index in [2.05, 4.69) is 95.8 Å². The number of aromatic nitrogens is 2. The summed E-state index contributed by atoms with van der Waals surface area (Å²) in [6.45, 7) is 1.42. The molecular weight excluding hydrogens is 562 g/mol. The lowest BCUT2D eigenvalue weighted by Gasteiger charge is -2.46.